The Labute approximate surface area is 147 Å². The molecule has 3 rings (SSSR count). The molecule has 0 radical (unpaired) electrons. The lowest BCUT2D eigenvalue weighted by atomic mass is 10.1. The number of halogens is 2. The molecule has 0 amide bonds. The fourth-order valence-corrected chi connectivity index (χ4v) is 3.20. The second-order valence-corrected chi connectivity index (χ2v) is 6.95. The molecule has 0 spiro atoms. The molecule has 1 fully saturated rings. The van der Waals surface area contributed by atoms with Crippen LogP contribution in [0.25, 0.3) is 0 Å². The van der Waals surface area contributed by atoms with Crippen LogP contribution in [0.4, 0.5) is 11.4 Å². The smallest absolute Gasteiger partial charge is 0.0642 e. The molecule has 0 bridgehead atoms. The molecule has 1 aromatic heterocycles. The van der Waals surface area contributed by atoms with E-state index in [0.717, 1.165) is 47.5 Å². The topological polar surface area (TPSA) is 37.4 Å². The van der Waals surface area contributed by atoms with Gasteiger partial charge in [0.05, 0.1) is 25.1 Å². The minimum atomic E-state index is 0.762. The van der Waals surface area contributed by atoms with Crippen molar-refractivity contribution in [3.05, 3.63) is 51.2 Å². The van der Waals surface area contributed by atoms with E-state index < -0.39 is 0 Å². The van der Waals surface area contributed by atoms with Crippen molar-refractivity contribution in [3.8, 4) is 0 Å². The zero-order chi connectivity index (χ0) is 15.4. The zero-order valence-corrected chi connectivity index (χ0v) is 15.2. The number of aromatic nitrogens is 1. The predicted molar refractivity (Wildman–Crippen MR) is 96.4 cm³/mol. The summed E-state index contributed by atoms with van der Waals surface area (Å²) < 4.78 is 7.52. The van der Waals surface area contributed by atoms with Gasteiger partial charge in [0.15, 0.2) is 0 Å². The molecular weight excluding hydrogens is 410 g/mol. The van der Waals surface area contributed by atoms with E-state index in [1.54, 1.807) is 6.20 Å². The van der Waals surface area contributed by atoms with Gasteiger partial charge in [-0.1, -0.05) is 22.0 Å². The molecule has 0 atom stereocenters. The molecule has 1 aliphatic heterocycles. The second kappa shape index (κ2) is 7.44. The average molecular weight is 427 g/mol. The van der Waals surface area contributed by atoms with E-state index in [-0.39, 0.29) is 0 Å². The van der Waals surface area contributed by atoms with Crippen molar-refractivity contribution in [2.45, 2.75) is 6.54 Å². The molecule has 22 heavy (non-hydrogen) atoms. The standard InChI is InChI=1S/C16H17Br2N3O/c17-13-2-1-12(9-20-15-7-14(18)10-19-11-15)16(8-13)21-3-5-22-6-4-21/h1-2,7-8,10-11,20H,3-6,9H2. The van der Waals surface area contributed by atoms with Gasteiger partial charge in [-0.15, -0.1) is 0 Å². The molecule has 0 saturated carbocycles. The van der Waals surface area contributed by atoms with Gasteiger partial charge in [-0.05, 0) is 39.7 Å². The van der Waals surface area contributed by atoms with Gasteiger partial charge in [0.1, 0.15) is 0 Å². The summed E-state index contributed by atoms with van der Waals surface area (Å²) in [6.07, 6.45) is 3.61. The molecule has 116 valence electrons. The maximum atomic E-state index is 5.45. The summed E-state index contributed by atoms with van der Waals surface area (Å²) in [6.45, 7) is 4.20. The van der Waals surface area contributed by atoms with Crippen molar-refractivity contribution >= 4 is 43.2 Å². The highest BCUT2D eigenvalue weighted by Crippen LogP contribution is 2.27. The molecule has 0 unspecified atom stereocenters. The Hall–Kier alpha value is -1.11. The van der Waals surface area contributed by atoms with Crippen LogP contribution in [0, 0.1) is 0 Å². The Morgan fingerprint density at radius 3 is 2.68 bits per heavy atom. The normalized spacial score (nSPS) is 14.9. The van der Waals surface area contributed by atoms with Gasteiger partial charge >= 0.3 is 0 Å². The van der Waals surface area contributed by atoms with Gasteiger partial charge in [-0.3, -0.25) is 4.98 Å². The number of benzene rings is 1. The maximum absolute atomic E-state index is 5.45. The Balaban J connectivity index is 1.77. The number of morpholine rings is 1. The highest BCUT2D eigenvalue weighted by molar-refractivity contribution is 9.10. The van der Waals surface area contributed by atoms with Crippen molar-refractivity contribution in [3.63, 3.8) is 0 Å². The fourth-order valence-electron chi connectivity index (χ4n) is 2.49. The number of nitrogens with one attached hydrogen (secondary N) is 1. The van der Waals surface area contributed by atoms with Crippen molar-refractivity contribution in [1.29, 1.82) is 0 Å². The Morgan fingerprint density at radius 2 is 1.91 bits per heavy atom. The lowest BCUT2D eigenvalue weighted by molar-refractivity contribution is 0.122. The molecule has 2 heterocycles. The fraction of sp³-hybridized carbons (Fsp3) is 0.312. The third-order valence-electron chi connectivity index (χ3n) is 3.59. The number of hydrogen-bond acceptors (Lipinski definition) is 4. The third kappa shape index (κ3) is 4.00. The van der Waals surface area contributed by atoms with Gasteiger partial charge in [-0.25, -0.2) is 0 Å². The summed E-state index contributed by atoms with van der Waals surface area (Å²) in [6, 6.07) is 8.45. The molecule has 1 aliphatic rings. The summed E-state index contributed by atoms with van der Waals surface area (Å²) in [5.41, 5.74) is 3.53. The van der Waals surface area contributed by atoms with Crippen LogP contribution in [-0.2, 0) is 11.3 Å². The van der Waals surface area contributed by atoms with Crippen molar-refractivity contribution < 1.29 is 4.74 Å². The van der Waals surface area contributed by atoms with E-state index in [9.17, 15) is 0 Å². The number of hydrogen-bond donors (Lipinski definition) is 1. The van der Waals surface area contributed by atoms with Crippen LogP contribution in [0.1, 0.15) is 5.56 Å². The first-order valence-corrected chi connectivity index (χ1v) is 8.76. The van der Waals surface area contributed by atoms with Crippen LogP contribution in [-0.4, -0.2) is 31.3 Å². The zero-order valence-electron chi connectivity index (χ0n) is 12.1. The number of anilines is 2. The van der Waals surface area contributed by atoms with Gasteiger partial charge in [-0.2, -0.15) is 0 Å². The lowest BCUT2D eigenvalue weighted by Crippen LogP contribution is -2.36. The maximum Gasteiger partial charge on any atom is 0.0642 e. The van der Waals surface area contributed by atoms with E-state index in [4.69, 9.17) is 4.74 Å². The first-order chi connectivity index (χ1) is 10.7. The number of pyridine rings is 1. The van der Waals surface area contributed by atoms with Crippen LogP contribution in [0.5, 0.6) is 0 Å². The van der Waals surface area contributed by atoms with Crippen LogP contribution in [0.15, 0.2) is 45.6 Å². The highest BCUT2D eigenvalue weighted by atomic mass is 79.9. The molecule has 6 heteroatoms. The van der Waals surface area contributed by atoms with Crippen molar-refractivity contribution in [2.24, 2.45) is 0 Å². The second-order valence-electron chi connectivity index (χ2n) is 5.12. The third-order valence-corrected chi connectivity index (χ3v) is 4.51. The molecule has 4 nitrogen and oxygen atoms in total. The minimum Gasteiger partial charge on any atom is -0.380 e. The van der Waals surface area contributed by atoms with Crippen LogP contribution >= 0.6 is 31.9 Å². The van der Waals surface area contributed by atoms with E-state index in [2.05, 4.69) is 65.3 Å². The first kappa shape index (κ1) is 15.8. The van der Waals surface area contributed by atoms with Gasteiger partial charge in [0.2, 0.25) is 0 Å². The Kier molecular flexibility index (Phi) is 5.33. The summed E-state index contributed by atoms with van der Waals surface area (Å²) >= 11 is 7.02. The minimum absolute atomic E-state index is 0.762. The molecule has 1 saturated heterocycles. The monoisotopic (exact) mass is 425 g/mol. The highest BCUT2D eigenvalue weighted by Gasteiger charge is 2.15. The Morgan fingerprint density at radius 1 is 1.09 bits per heavy atom. The quantitative estimate of drug-likeness (QED) is 0.799. The number of nitrogens with zero attached hydrogens (tertiary/aromatic N) is 2. The predicted octanol–water partition coefficient (Wildman–Crippen LogP) is 4.06. The molecule has 0 aliphatic carbocycles. The van der Waals surface area contributed by atoms with Gasteiger partial charge < -0.3 is 15.0 Å². The van der Waals surface area contributed by atoms with Crippen molar-refractivity contribution in [2.75, 3.05) is 36.5 Å². The summed E-state index contributed by atoms with van der Waals surface area (Å²) in [5.74, 6) is 0. The van der Waals surface area contributed by atoms with E-state index in [0.29, 0.717) is 0 Å². The molecule has 1 aromatic carbocycles. The SMILES string of the molecule is Brc1cncc(NCc2ccc(Br)cc2N2CCOCC2)c1. The lowest BCUT2D eigenvalue weighted by Gasteiger charge is -2.31. The van der Waals surface area contributed by atoms with E-state index in [1.165, 1.54) is 11.3 Å². The van der Waals surface area contributed by atoms with Crippen LogP contribution in [0.2, 0.25) is 0 Å². The molecule has 2 aromatic rings. The summed E-state index contributed by atoms with van der Waals surface area (Å²) in [5, 5.41) is 3.43. The molecular formula is C16H17Br2N3O. The van der Waals surface area contributed by atoms with Gasteiger partial charge in [0.25, 0.3) is 0 Å². The van der Waals surface area contributed by atoms with Crippen LogP contribution < -0.4 is 10.2 Å². The number of rotatable bonds is 4. The largest absolute Gasteiger partial charge is 0.380 e. The number of ether oxygens (including phenoxy) is 1. The van der Waals surface area contributed by atoms with Gasteiger partial charge in [0, 0.05) is 40.5 Å². The average Bonchev–Trinajstić information content (AvgIpc) is 2.54. The Bertz CT molecular complexity index is 645. The summed E-state index contributed by atoms with van der Waals surface area (Å²) in [7, 11) is 0. The summed E-state index contributed by atoms with van der Waals surface area (Å²) in [4.78, 5) is 6.56. The molecule has 1 N–H and O–H groups in total. The van der Waals surface area contributed by atoms with Crippen LogP contribution in [0.3, 0.4) is 0 Å². The van der Waals surface area contributed by atoms with E-state index >= 15 is 0 Å². The van der Waals surface area contributed by atoms with Crippen molar-refractivity contribution in [1.82, 2.24) is 4.98 Å². The first-order valence-electron chi connectivity index (χ1n) is 7.18. The van der Waals surface area contributed by atoms with E-state index in [1.807, 2.05) is 12.3 Å².